The monoisotopic (exact) mass is 638 g/mol. The van der Waals surface area contributed by atoms with Gasteiger partial charge in [0.1, 0.15) is 18.0 Å². The van der Waals surface area contributed by atoms with Crippen LogP contribution in [0.1, 0.15) is 16.7 Å². The topological polar surface area (TPSA) is 126 Å². The first-order chi connectivity index (χ1) is 22.4. The summed E-state index contributed by atoms with van der Waals surface area (Å²) in [6.45, 7) is 4.67. The molecule has 0 bridgehead atoms. The molecule has 3 N–H and O–H groups in total. The van der Waals surface area contributed by atoms with Gasteiger partial charge in [-0.1, -0.05) is 54.6 Å². The van der Waals surface area contributed by atoms with Crippen molar-refractivity contribution in [3.8, 4) is 5.75 Å². The highest BCUT2D eigenvalue weighted by Gasteiger charge is 2.51. The summed E-state index contributed by atoms with van der Waals surface area (Å²) in [6, 6.07) is 20.5. The first kappa shape index (κ1) is 30.8. The largest absolute Gasteiger partial charge is 0.508 e. The van der Waals surface area contributed by atoms with Gasteiger partial charge in [0.2, 0.25) is 18.2 Å². The Morgan fingerprint density at radius 2 is 1.83 bits per heavy atom. The van der Waals surface area contributed by atoms with E-state index in [4.69, 9.17) is 0 Å². The van der Waals surface area contributed by atoms with E-state index in [0.717, 1.165) is 26.8 Å². The second-order valence-electron chi connectivity index (χ2n) is 11.2. The number of hydrogen-bond acceptors (Lipinski definition) is 7. The van der Waals surface area contributed by atoms with Crippen LogP contribution in [0.25, 0.3) is 10.1 Å². The number of thiophene rings is 1. The van der Waals surface area contributed by atoms with Gasteiger partial charge in [0.15, 0.2) is 0 Å². The van der Waals surface area contributed by atoms with Crippen molar-refractivity contribution >= 4 is 51.4 Å². The summed E-state index contributed by atoms with van der Waals surface area (Å²) < 4.78 is 0.959. The molecule has 3 aromatic carbocycles. The van der Waals surface area contributed by atoms with E-state index in [1.807, 2.05) is 53.9 Å². The van der Waals surface area contributed by atoms with E-state index in [1.165, 1.54) is 11.3 Å². The Hall–Kier alpha value is -5.20. The number of carbonyl (C=O) groups is 4. The lowest BCUT2D eigenvalue weighted by atomic mass is 9.98. The minimum absolute atomic E-state index is 0.0903. The highest BCUT2D eigenvalue weighted by atomic mass is 32.1. The Morgan fingerprint density at radius 1 is 1.04 bits per heavy atom. The minimum Gasteiger partial charge on any atom is -0.508 e. The molecule has 5 amide bonds. The van der Waals surface area contributed by atoms with Crippen LogP contribution in [0.15, 0.2) is 90.8 Å². The molecule has 3 heterocycles. The second kappa shape index (κ2) is 13.4. The van der Waals surface area contributed by atoms with Gasteiger partial charge in [-0.25, -0.2) is 14.8 Å². The number of nitrogens with one attached hydrogen (secondary N) is 2. The van der Waals surface area contributed by atoms with E-state index >= 15 is 0 Å². The molecule has 2 atom stereocenters. The van der Waals surface area contributed by atoms with Crippen LogP contribution in [0.3, 0.4) is 0 Å². The molecule has 0 spiro atoms. The molecular weight excluding hydrogens is 604 g/mol. The Bertz CT molecular complexity index is 1760. The van der Waals surface area contributed by atoms with Crippen LogP contribution in [0.2, 0.25) is 0 Å². The molecule has 0 unspecified atom stereocenters. The van der Waals surface area contributed by atoms with Crippen molar-refractivity contribution in [3.05, 3.63) is 108 Å². The number of hydrazine groups is 1. The maximum Gasteiger partial charge on any atom is 0.334 e. The van der Waals surface area contributed by atoms with Gasteiger partial charge in [-0.2, -0.15) is 0 Å². The van der Waals surface area contributed by atoms with Gasteiger partial charge in [0.05, 0.1) is 13.1 Å². The number of fused-ring (bicyclic) bond motifs is 2. The number of rotatable bonds is 10. The van der Waals surface area contributed by atoms with Gasteiger partial charge < -0.3 is 25.5 Å². The predicted molar refractivity (Wildman–Crippen MR) is 175 cm³/mol. The number of amides is 5. The fraction of sp³-hybridized carbons (Fsp3) is 0.235. The number of aromatic hydroxyl groups is 1. The fourth-order valence-electron chi connectivity index (χ4n) is 6.12. The van der Waals surface area contributed by atoms with Crippen molar-refractivity contribution in [3.63, 3.8) is 0 Å². The van der Waals surface area contributed by atoms with Crippen LogP contribution in [-0.2, 0) is 33.9 Å². The van der Waals surface area contributed by atoms with Crippen molar-refractivity contribution in [2.24, 2.45) is 0 Å². The summed E-state index contributed by atoms with van der Waals surface area (Å²) >= 11 is 1.51. The Kier molecular flexibility index (Phi) is 8.99. The highest BCUT2D eigenvalue weighted by molar-refractivity contribution is 7.17. The zero-order valence-corrected chi connectivity index (χ0v) is 25.9. The normalized spacial score (nSPS) is 18.4. The van der Waals surface area contributed by atoms with Crippen LogP contribution in [0, 0.1) is 0 Å². The Morgan fingerprint density at radius 3 is 2.57 bits per heavy atom. The number of piperazine rings is 1. The van der Waals surface area contributed by atoms with Gasteiger partial charge in [-0.3, -0.25) is 14.4 Å². The number of carbonyl (C=O) groups excluding carboxylic acids is 4. The molecule has 46 heavy (non-hydrogen) atoms. The van der Waals surface area contributed by atoms with Crippen molar-refractivity contribution in [1.82, 2.24) is 25.1 Å². The summed E-state index contributed by atoms with van der Waals surface area (Å²) in [5, 5.41) is 21.7. The van der Waals surface area contributed by atoms with Crippen LogP contribution in [-0.4, -0.2) is 81.0 Å². The van der Waals surface area contributed by atoms with Crippen LogP contribution < -0.4 is 10.6 Å². The molecule has 2 aliphatic rings. The molecule has 4 aromatic rings. The van der Waals surface area contributed by atoms with E-state index < -0.39 is 12.2 Å². The lowest BCUT2D eigenvalue weighted by molar-refractivity contribution is -0.189. The van der Waals surface area contributed by atoms with E-state index in [0.29, 0.717) is 18.6 Å². The number of phenols is 1. The average molecular weight is 639 g/mol. The first-order valence-electron chi connectivity index (χ1n) is 14.9. The average Bonchev–Trinajstić information content (AvgIpc) is 3.45. The van der Waals surface area contributed by atoms with Crippen molar-refractivity contribution < 1.29 is 24.3 Å². The molecule has 2 aliphatic heterocycles. The number of urea groups is 1. The molecule has 11 nitrogen and oxygen atoms in total. The third-order valence-electron chi connectivity index (χ3n) is 8.27. The van der Waals surface area contributed by atoms with Gasteiger partial charge in [-0.05, 0) is 51.7 Å². The predicted octanol–water partition coefficient (Wildman–Crippen LogP) is 3.91. The molecule has 0 aliphatic carbocycles. The second-order valence-corrected chi connectivity index (χ2v) is 12.2. The zero-order valence-electron chi connectivity index (χ0n) is 25.0. The number of hydrogen-bond donors (Lipinski definition) is 3. The van der Waals surface area contributed by atoms with E-state index in [9.17, 15) is 24.3 Å². The lowest BCUT2D eigenvalue weighted by Gasteiger charge is -2.55. The SMILES string of the molecule is C=CCN1CC(=O)N2[C@@H](Cc3ccc(O)cc3)C(=O)N(Cc3csc4cc(NC=O)ccc34)C[C@@H]2N1C(=O)NCc1ccccc1. The summed E-state index contributed by atoms with van der Waals surface area (Å²) in [5.41, 5.74) is 3.30. The number of anilines is 1. The summed E-state index contributed by atoms with van der Waals surface area (Å²) in [4.78, 5) is 56.2. The molecule has 0 radical (unpaired) electrons. The van der Waals surface area contributed by atoms with Gasteiger partial charge in [0.25, 0.3) is 0 Å². The van der Waals surface area contributed by atoms with Gasteiger partial charge in [0, 0.05) is 36.4 Å². The quantitative estimate of drug-likeness (QED) is 0.179. The molecule has 2 saturated heterocycles. The van der Waals surface area contributed by atoms with E-state index in [-0.39, 0.29) is 56.2 Å². The van der Waals surface area contributed by atoms with Gasteiger partial charge in [-0.15, -0.1) is 17.9 Å². The third-order valence-corrected chi connectivity index (χ3v) is 9.27. The molecular formula is C34H34N6O5S. The molecule has 0 saturated carbocycles. The lowest BCUT2D eigenvalue weighted by Crippen LogP contribution is -2.76. The summed E-state index contributed by atoms with van der Waals surface area (Å²) in [5.74, 6) is -0.380. The van der Waals surface area contributed by atoms with Crippen molar-refractivity contribution in [2.75, 3.05) is 25.0 Å². The molecule has 12 heteroatoms. The standard InChI is InChI=1S/C34H34N6O5S/c1-2-14-38-20-32(43)39-29(15-23-8-11-27(42)12-9-23)33(44)37(18-25-21-46-30-16-26(36-22-41)10-13-28(25)30)19-31(39)40(38)34(45)35-17-24-6-4-3-5-7-24/h2-13,16,21-22,29,31,42H,1,14-15,17-20H2,(H,35,45)(H,36,41)/t29-,31-/m0/s1. The summed E-state index contributed by atoms with van der Waals surface area (Å²) in [6.07, 6.45) is 1.71. The minimum atomic E-state index is -0.876. The maximum atomic E-state index is 14.3. The third kappa shape index (κ3) is 6.30. The van der Waals surface area contributed by atoms with Crippen molar-refractivity contribution in [2.45, 2.75) is 31.7 Å². The van der Waals surface area contributed by atoms with Gasteiger partial charge >= 0.3 is 6.03 Å². The highest BCUT2D eigenvalue weighted by Crippen LogP contribution is 2.33. The van der Waals surface area contributed by atoms with Crippen LogP contribution >= 0.6 is 11.3 Å². The van der Waals surface area contributed by atoms with Crippen LogP contribution in [0.4, 0.5) is 10.5 Å². The van der Waals surface area contributed by atoms with E-state index in [2.05, 4.69) is 17.2 Å². The summed E-state index contributed by atoms with van der Waals surface area (Å²) in [7, 11) is 0. The Balaban J connectivity index is 1.35. The number of phenolic OH excluding ortho intramolecular Hbond substituents is 1. The number of benzene rings is 3. The fourth-order valence-corrected chi connectivity index (χ4v) is 7.11. The maximum absolute atomic E-state index is 14.3. The van der Waals surface area contributed by atoms with Crippen LogP contribution in [0.5, 0.6) is 5.75 Å². The molecule has 1 aromatic heterocycles. The van der Waals surface area contributed by atoms with E-state index in [1.54, 1.807) is 50.2 Å². The molecule has 2 fully saturated rings. The first-order valence-corrected chi connectivity index (χ1v) is 15.8. The molecule has 6 rings (SSSR count). The smallest absolute Gasteiger partial charge is 0.334 e. The molecule has 236 valence electrons. The number of nitrogens with zero attached hydrogens (tertiary/aromatic N) is 4. The zero-order chi connectivity index (χ0) is 32.2. The Labute approximate surface area is 270 Å². The van der Waals surface area contributed by atoms with Crippen molar-refractivity contribution in [1.29, 1.82) is 0 Å².